The van der Waals surface area contributed by atoms with Crippen molar-refractivity contribution in [1.29, 1.82) is 0 Å². The van der Waals surface area contributed by atoms with E-state index in [-0.39, 0.29) is 5.91 Å². The fourth-order valence-corrected chi connectivity index (χ4v) is 5.65. The lowest BCUT2D eigenvalue weighted by atomic mass is 9.84. The molecule has 0 aliphatic carbocycles. The largest absolute Gasteiger partial charge is 0.485 e. The molecule has 3 aromatic rings. The van der Waals surface area contributed by atoms with E-state index in [9.17, 15) is 19.5 Å². The SMILES string of the molecule is CC1(C)Oc2ccc(-c3c(N4CCCC4)c(=O)c3=O)cc2[C@@H](N2Cc3ccccc3C2=O)[C@@H]1O. The molecule has 1 N–H and O–H groups in total. The number of nitrogens with zero attached hydrogens (tertiary/aromatic N) is 2. The van der Waals surface area contributed by atoms with Crippen molar-refractivity contribution >= 4 is 11.6 Å². The van der Waals surface area contributed by atoms with E-state index in [1.807, 2.05) is 29.2 Å². The number of fused-ring (bicyclic) bond motifs is 2. The molecule has 1 saturated heterocycles. The average Bonchev–Trinajstić information content (AvgIpc) is 3.46. The predicted octanol–water partition coefficient (Wildman–Crippen LogP) is 2.78. The van der Waals surface area contributed by atoms with Gasteiger partial charge in [0.2, 0.25) is 10.9 Å². The Bertz CT molecular complexity index is 1390. The van der Waals surface area contributed by atoms with Crippen molar-refractivity contribution in [2.45, 2.75) is 51.0 Å². The van der Waals surface area contributed by atoms with Crippen molar-refractivity contribution in [3.8, 4) is 16.9 Å². The van der Waals surface area contributed by atoms with Gasteiger partial charge in [0.25, 0.3) is 5.91 Å². The topological polar surface area (TPSA) is 87.2 Å². The second-order valence-electron chi connectivity index (χ2n) is 10.0. The fraction of sp³-hybridized carbons (Fsp3) is 0.370. The lowest BCUT2D eigenvalue weighted by Crippen LogP contribution is -2.53. The zero-order chi connectivity index (χ0) is 23.8. The number of ether oxygens (including phenoxy) is 1. The number of anilines is 1. The maximum absolute atomic E-state index is 13.3. The molecular formula is C27H26N2O5. The number of carbonyl (C=O) groups excluding carboxylic acids is 1. The van der Waals surface area contributed by atoms with Crippen LogP contribution in [0.15, 0.2) is 52.1 Å². The molecule has 0 aromatic heterocycles. The van der Waals surface area contributed by atoms with Crippen LogP contribution in [-0.2, 0) is 6.54 Å². The Labute approximate surface area is 196 Å². The van der Waals surface area contributed by atoms with E-state index in [1.54, 1.807) is 36.9 Å². The van der Waals surface area contributed by atoms with Gasteiger partial charge in [-0.05, 0) is 56.0 Å². The highest BCUT2D eigenvalue weighted by Gasteiger charge is 2.48. The Hall–Kier alpha value is -3.45. The van der Waals surface area contributed by atoms with Gasteiger partial charge in [0.05, 0.1) is 11.6 Å². The van der Waals surface area contributed by atoms with E-state index >= 15 is 0 Å². The first-order valence-corrected chi connectivity index (χ1v) is 11.8. The summed E-state index contributed by atoms with van der Waals surface area (Å²) in [5.41, 5.74) is 1.88. The molecule has 7 nitrogen and oxygen atoms in total. The van der Waals surface area contributed by atoms with Crippen molar-refractivity contribution in [3.05, 3.63) is 79.6 Å². The minimum atomic E-state index is -0.987. The first kappa shape index (κ1) is 21.1. The summed E-state index contributed by atoms with van der Waals surface area (Å²) in [6, 6.07) is 12.2. The molecule has 0 radical (unpaired) electrons. The van der Waals surface area contributed by atoms with Gasteiger partial charge in [0.1, 0.15) is 23.1 Å². The minimum Gasteiger partial charge on any atom is -0.485 e. The summed E-state index contributed by atoms with van der Waals surface area (Å²) in [5.74, 6) is 0.426. The highest BCUT2D eigenvalue weighted by molar-refractivity contribution is 5.98. The lowest BCUT2D eigenvalue weighted by molar-refractivity contribution is -0.0867. The summed E-state index contributed by atoms with van der Waals surface area (Å²) in [4.78, 5) is 42.1. The van der Waals surface area contributed by atoms with Crippen molar-refractivity contribution in [1.82, 2.24) is 4.90 Å². The molecule has 3 aliphatic heterocycles. The molecule has 0 saturated carbocycles. The van der Waals surface area contributed by atoms with E-state index in [0.29, 0.717) is 40.2 Å². The van der Waals surface area contributed by atoms with Gasteiger partial charge in [-0.25, -0.2) is 0 Å². The molecule has 3 aliphatic rings. The van der Waals surface area contributed by atoms with Crippen molar-refractivity contribution in [2.24, 2.45) is 0 Å². The Balaban J connectivity index is 1.47. The first-order chi connectivity index (χ1) is 16.3. The van der Waals surface area contributed by atoms with Crippen LogP contribution in [0.3, 0.4) is 0 Å². The number of carbonyl (C=O) groups is 1. The van der Waals surface area contributed by atoms with E-state index in [0.717, 1.165) is 31.5 Å². The predicted molar refractivity (Wildman–Crippen MR) is 128 cm³/mol. The van der Waals surface area contributed by atoms with E-state index in [4.69, 9.17) is 4.74 Å². The second-order valence-corrected chi connectivity index (χ2v) is 10.0. The van der Waals surface area contributed by atoms with Gasteiger partial charge >= 0.3 is 0 Å². The Morgan fingerprint density at radius 2 is 1.74 bits per heavy atom. The number of rotatable bonds is 3. The molecule has 0 spiro atoms. The van der Waals surface area contributed by atoms with Gasteiger partial charge in [-0.2, -0.15) is 0 Å². The van der Waals surface area contributed by atoms with E-state index in [2.05, 4.69) is 0 Å². The van der Waals surface area contributed by atoms with E-state index < -0.39 is 28.6 Å². The summed E-state index contributed by atoms with van der Waals surface area (Å²) in [6.07, 6.45) is 1.01. The summed E-state index contributed by atoms with van der Waals surface area (Å²) >= 11 is 0. The van der Waals surface area contributed by atoms with Crippen LogP contribution in [-0.4, -0.2) is 40.7 Å². The smallest absolute Gasteiger partial charge is 0.255 e. The van der Waals surface area contributed by atoms with Gasteiger partial charge in [-0.15, -0.1) is 0 Å². The molecular weight excluding hydrogens is 432 g/mol. The molecule has 0 unspecified atom stereocenters. The molecule has 34 heavy (non-hydrogen) atoms. The minimum absolute atomic E-state index is 0.138. The van der Waals surface area contributed by atoms with Crippen molar-refractivity contribution in [2.75, 3.05) is 18.0 Å². The molecule has 7 heteroatoms. The Morgan fingerprint density at radius 3 is 2.47 bits per heavy atom. The number of amides is 1. The quantitative estimate of drug-likeness (QED) is 0.608. The molecule has 3 heterocycles. The summed E-state index contributed by atoms with van der Waals surface area (Å²) in [6.45, 7) is 5.52. The van der Waals surface area contributed by atoms with Gasteiger partial charge in [0, 0.05) is 30.8 Å². The van der Waals surface area contributed by atoms with Crippen LogP contribution in [0.1, 0.15) is 54.2 Å². The van der Waals surface area contributed by atoms with Crippen molar-refractivity contribution < 1.29 is 14.6 Å². The average molecular weight is 459 g/mol. The van der Waals surface area contributed by atoms with Crippen LogP contribution < -0.4 is 20.5 Å². The number of aliphatic hydroxyl groups excluding tert-OH is 1. The molecule has 2 atom stereocenters. The maximum Gasteiger partial charge on any atom is 0.255 e. The molecule has 174 valence electrons. The second kappa shape index (κ2) is 7.27. The number of aliphatic hydroxyl groups is 1. The fourth-order valence-electron chi connectivity index (χ4n) is 5.65. The summed E-state index contributed by atoms with van der Waals surface area (Å²) in [7, 11) is 0. The zero-order valence-corrected chi connectivity index (χ0v) is 19.2. The van der Waals surface area contributed by atoms with Crippen LogP contribution >= 0.6 is 0 Å². The van der Waals surface area contributed by atoms with Gasteiger partial charge < -0.3 is 19.6 Å². The molecule has 1 amide bonds. The number of benzene rings is 2. The number of hydrogen-bond acceptors (Lipinski definition) is 6. The Kier molecular flexibility index (Phi) is 4.51. The third-order valence-corrected chi connectivity index (χ3v) is 7.49. The molecule has 0 bridgehead atoms. The third-order valence-electron chi connectivity index (χ3n) is 7.49. The molecule has 6 rings (SSSR count). The van der Waals surface area contributed by atoms with Crippen molar-refractivity contribution in [3.63, 3.8) is 0 Å². The zero-order valence-electron chi connectivity index (χ0n) is 19.2. The van der Waals surface area contributed by atoms with Gasteiger partial charge in [0.15, 0.2) is 0 Å². The monoisotopic (exact) mass is 458 g/mol. The number of hydrogen-bond donors (Lipinski definition) is 1. The highest BCUT2D eigenvalue weighted by atomic mass is 16.5. The third kappa shape index (κ3) is 2.89. The maximum atomic E-state index is 13.3. The normalized spacial score (nSPS) is 23.2. The van der Waals surface area contributed by atoms with Gasteiger partial charge in [-0.3, -0.25) is 14.4 Å². The Morgan fingerprint density at radius 1 is 1.00 bits per heavy atom. The molecule has 1 fully saturated rings. The molecule has 3 aromatic carbocycles. The highest BCUT2D eigenvalue weighted by Crippen LogP contribution is 2.47. The van der Waals surface area contributed by atoms with E-state index in [1.165, 1.54) is 0 Å². The van der Waals surface area contributed by atoms with Crippen LogP contribution in [0, 0.1) is 0 Å². The summed E-state index contributed by atoms with van der Waals surface area (Å²) < 4.78 is 6.13. The lowest BCUT2D eigenvalue weighted by Gasteiger charge is -2.45. The van der Waals surface area contributed by atoms with Crippen LogP contribution in [0.25, 0.3) is 11.1 Å². The van der Waals surface area contributed by atoms with Crippen LogP contribution in [0.4, 0.5) is 5.69 Å². The first-order valence-electron chi connectivity index (χ1n) is 11.8. The van der Waals surface area contributed by atoms with Crippen LogP contribution in [0.5, 0.6) is 5.75 Å². The van der Waals surface area contributed by atoms with Gasteiger partial charge in [-0.1, -0.05) is 24.3 Å². The summed E-state index contributed by atoms with van der Waals surface area (Å²) in [5, 5.41) is 11.4. The van der Waals surface area contributed by atoms with Crippen LogP contribution in [0.2, 0.25) is 0 Å². The standard InChI is InChI=1S/C27H26N2O5/c1-27(2)25(32)21(29-14-16-7-3-4-8-17(16)26(29)33)18-13-15(9-10-19(18)34-27)20-22(24(31)23(20)30)28-11-5-6-12-28/h3-4,7-10,13,21,25,32H,5-6,11-12,14H2,1-2H3/t21-,25+/m1/s1.